The lowest BCUT2D eigenvalue weighted by Gasteiger charge is -2.13. The van der Waals surface area contributed by atoms with Crippen molar-refractivity contribution in [1.82, 2.24) is 0 Å². The van der Waals surface area contributed by atoms with Gasteiger partial charge in [-0.05, 0) is 25.1 Å². The van der Waals surface area contributed by atoms with E-state index in [0.29, 0.717) is 0 Å². The molecule has 2 aromatic carbocycles. The van der Waals surface area contributed by atoms with Gasteiger partial charge in [-0.3, -0.25) is 25.0 Å². The molecule has 0 spiro atoms. The summed E-state index contributed by atoms with van der Waals surface area (Å²) in [6.45, 7) is 1.30. The van der Waals surface area contributed by atoms with Gasteiger partial charge in [0.1, 0.15) is 5.69 Å². The van der Waals surface area contributed by atoms with Gasteiger partial charge < -0.3 is 10.1 Å². The monoisotopic (exact) mass is 359 g/mol. The average molecular weight is 359 g/mol. The fourth-order valence-electron chi connectivity index (χ4n) is 1.97. The number of para-hydroxylation sites is 2. The number of esters is 1. The van der Waals surface area contributed by atoms with Crippen molar-refractivity contribution in [3.05, 3.63) is 74.3 Å². The van der Waals surface area contributed by atoms with Gasteiger partial charge in [-0.1, -0.05) is 12.1 Å². The van der Waals surface area contributed by atoms with Crippen LogP contribution in [0.25, 0.3) is 0 Å². The molecule has 0 aliphatic carbocycles. The van der Waals surface area contributed by atoms with Crippen molar-refractivity contribution < 1.29 is 24.2 Å². The summed E-state index contributed by atoms with van der Waals surface area (Å²) < 4.78 is 4.98. The van der Waals surface area contributed by atoms with E-state index in [2.05, 4.69) is 5.32 Å². The van der Waals surface area contributed by atoms with Crippen LogP contribution < -0.4 is 5.32 Å². The van der Waals surface area contributed by atoms with E-state index in [1.54, 1.807) is 0 Å². The topological polar surface area (TPSA) is 142 Å². The smallest absolute Gasteiger partial charge is 0.338 e. The van der Waals surface area contributed by atoms with Crippen molar-refractivity contribution in [3.63, 3.8) is 0 Å². The summed E-state index contributed by atoms with van der Waals surface area (Å²) in [6, 6.07) is 10.2. The number of nitro groups is 2. The first-order valence-corrected chi connectivity index (χ1v) is 7.29. The molecule has 1 atom stereocenters. The van der Waals surface area contributed by atoms with Gasteiger partial charge in [0, 0.05) is 18.2 Å². The fraction of sp³-hybridized carbons (Fsp3) is 0.125. The Hall–Kier alpha value is -3.82. The molecule has 0 saturated carbocycles. The Morgan fingerprint density at radius 2 is 1.62 bits per heavy atom. The van der Waals surface area contributed by atoms with Crippen LogP contribution in [0.5, 0.6) is 0 Å². The Kier molecular flexibility index (Phi) is 5.58. The normalized spacial score (nSPS) is 11.3. The summed E-state index contributed by atoms with van der Waals surface area (Å²) in [5.74, 6) is -1.61. The highest BCUT2D eigenvalue weighted by molar-refractivity contribution is 5.98. The maximum atomic E-state index is 12.1. The number of hydrogen-bond donors (Lipinski definition) is 1. The van der Waals surface area contributed by atoms with Crippen LogP contribution in [0.4, 0.5) is 17.1 Å². The van der Waals surface area contributed by atoms with E-state index in [-0.39, 0.29) is 22.6 Å². The molecule has 1 N–H and O–H groups in total. The molecule has 2 aromatic rings. The molecule has 26 heavy (non-hydrogen) atoms. The Morgan fingerprint density at radius 1 is 1.00 bits per heavy atom. The molecule has 0 bridgehead atoms. The number of rotatable bonds is 6. The lowest BCUT2D eigenvalue weighted by molar-refractivity contribution is -0.384. The molecule has 0 radical (unpaired) electrons. The summed E-state index contributed by atoms with van der Waals surface area (Å²) in [5, 5.41) is 23.8. The Bertz CT molecular complexity index is 864. The second kappa shape index (κ2) is 7.83. The number of nitrogens with one attached hydrogen (secondary N) is 1. The summed E-state index contributed by atoms with van der Waals surface area (Å²) in [7, 11) is 0. The highest BCUT2D eigenvalue weighted by Crippen LogP contribution is 2.23. The van der Waals surface area contributed by atoms with Gasteiger partial charge in [0.25, 0.3) is 17.3 Å². The number of hydrogen-bond acceptors (Lipinski definition) is 7. The molecule has 2 rings (SSSR count). The van der Waals surface area contributed by atoms with Crippen molar-refractivity contribution >= 4 is 28.9 Å². The molecule has 0 unspecified atom stereocenters. The van der Waals surface area contributed by atoms with Crippen LogP contribution >= 0.6 is 0 Å². The molecule has 0 heterocycles. The zero-order valence-electron chi connectivity index (χ0n) is 13.4. The van der Waals surface area contributed by atoms with Gasteiger partial charge >= 0.3 is 5.97 Å². The molecule has 10 nitrogen and oxygen atoms in total. The van der Waals surface area contributed by atoms with Gasteiger partial charge in [0.15, 0.2) is 6.10 Å². The second-order valence-electron chi connectivity index (χ2n) is 5.12. The van der Waals surface area contributed by atoms with Crippen molar-refractivity contribution in [2.75, 3.05) is 5.32 Å². The summed E-state index contributed by atoms with van der Waals surface area (Å²) >= 11 is 0. The Labute approximate surface area is 146 Å². The van der Waals surface area contributed by atoms with Crippen molar-refractivity contribution in [1.29, 1.82) is 0 Å². The second-order valence-corrected chi connectivity index (χ2v) is 5.12. The number of amides is 1. The minimum Gasteiger partial charge on any atom is -0.449 e. The Morgan fingerprint density at radius 3 is 2.19 bits per heavy atom. The quantitative estimate of drug-likeness (QED) is 0.474. The third-order valence-electron chi connectivity index (χ3n) is 3.33. The lowest BCUT2D eigenvalue weighted by Crippen LogP contribution is -2.30. The van der Waals surface area contributed by atoms with E-state index >= 15 is 0 Å². The molecule has 0 aromatic heterocycles. The number of carbonyl (C=O) groups is 2. The van der Waals surface area contributed by atoms with Gasteiger partial charge in [-0.2, -0.15) is 0 Å². The lowest BCUT2D eigenvalue weighted by atomic mass is 10.2. The largest absolute Gasteiger partial charge is 0.449 e. The third kappa shape index (κ3) is 4.38. The van der Waals surface area contributed by atoms with Crippen LogP contribution in [-0.2, 0) is 9.53 Å². The minimum absolute atomic E-state index is 0.0271. The van der Waals surface area contributed by atoms with Crippen LogP contribution in [0.3, 0.4) is 0 Å². The summed E-state index contributed by atoms with van der Waals surface area (Å²) in [6.07, 6.45) is -1.24. The van der Waals surface area contributed by atoms with Gasteiger partial charge in [0.2, 0.25) is 0 Å². The number of nitrogens with zero attached hydrogens (tertiary/aromatic N) is 2. The SMILES string of the molecule is C[C@@H](OC(=O)c1ccc([N+](=O)[O-])cc1)C(=O)Nc1ccccc1[N+](=O)[O-]. The van der Waals surface area contributed by atoms with Crippen LogP contribution in [0, 0.1) is 20.2 Å². The van der Waals surface area contributed by atoms with Crippen molar-refractivity contribution in [2.45, 2.75) is 13.0 Å². The van der Waals surface area contributed by atoms with Gasteiger partial charge in [-0.25, -0.2) is 4.79 Å². The van der Waals surface area contributed by atoms with E-state index in [1.807, 2.05) is 0 Å². The average Bonchev–Trinajstić information content (AvgIpc) is 2.61. The van der Waals surface area contributed by atoms with Gasteiger partial charge in [-0.15, -0.1) is 0 Å². The Balaban J connectivity index is 2.04. The number of nitro benzene ring substituents is 2. The molecule has 134 valence electrons. The van der Waals surface area contributed by atoms with Crippen molar-refractivity contribution in [2.24, 2.45) is 0 Å². The molecular formula is C16H13N3O7. The van der Waals surface area contributed by atoms with E-state index in [0.717, 1.165) is 12.1 Å². The molecule has 0 saturated heterocycles. The maximum Gasteiger partial charge on any atom is 0.338 e. The third-order valence-corrected chi connectivity index (χ3v) is 3.33. The highest BCUT2D eigenvalue weighted by atomic mass is 16.6. The minimum atomic E-state index is -1.24. The number of carbonyl (C=O) groups excluding carboxylic acids is 2. The van der Waals surface area contributed by atoms with E-state index < -0.39 is 27.8 Å². The zero-order chi connectivity index (χ0) is 19.3. The molecule has 0 aliphatic heterocycles. The predicted molar refractivity (Wildman–Crippen MR) is 89.7 cm³/mol. The first-order valence-electron chi connectivity index (χ1n) is 7.29. The molecule has 10 heteroatoms. The molecule has 0 aliphatic rings. The molecule has 0 fully saturated rings. The van der Waals surface area contributed by atoms with Crippen LogP contribution in [0.1, 0.15) is 17.3 Å². The first kappa shape index (κ1) is 18.5. The van der Waals surface area contributed by atoms with Crippen LogP contribution in [-0.4, -0.2) is 27.8 Å². The first-order chi connectivity index (χ1) is 12.3. The molecular weight excluding hydrogens is 346 g/mol. The van der Waals surface area contributed by atoms with Crippen LogP contribution in [0.15, 0.2) is 48.5 Å². The number of non-ortho nitro benzene ring substituents is 1. The zero-order valence-corrected chi connectivity index (χ0v) is 13.4. The van der Waals surface area contributed by atoms with E-state index in [4.69, 9.17) is 4.74 Å². The van der Waals surface area contributed by atoms with Gasteiger partial charge in [0.05, 0.1) is 15.4 Å². The number of benzene rings is 2. The predicted octanol–water partition coefficient (Wildman–Crippen LogP) is 2.69. The summed E-state index contributed by atoms with van der Waals surface area (Å²) in [4.78, 5) is 44.3. The van der Waals surface area contributed by atoms with E-state index in [9.17, 15) is 29.8 Å². The van der Waals surface area contributed by atoms with Crippen LogP contribution in [0.2, 0.25) is 0 Å². The maximum absolute atomic E-state index is 12.1. The summed E-state index contributed by atoms with van der Waals surface area (Å²) in [5.41, 5.74) is -0.486. The standard InChI is InChI=1S/C16H13N3O7/c1-10(15(20)17-13-4-2-3-5-14(13)19(24)25)26-16(21)11-6-8-12(9-7-11)18(22)23/h2-10H,1H3,(H,17,20)/t10-/m1/s1. The molecule has 1 amide bonds. The van der Waals surface area contributed by atoms with Crippen molar-refractivity contribution in [3.8, 4) is 0 Å². The number of ether oxygens (including phenoxy) is 1. The highest BCUT2D eigenvalue weighted by Gasteiger charge is 2.22. The number of anilines is 1. The fourth-order valence-corrected chi connectivity index (χ4v) is 1.97. The van der Waals surface area contributed by atoms with E-state index in [1.165, 1.54) is 43.3 Å².